The zero-order chi connectivity index (χ0) is 27.6. The van der Waals surface area contributed by atoms with Crippen LogP contribution in [0.2, 0.25) is 0 Å². The molecule has 0 atom stereocenters. The first-order valence-electron chi connectivity index (χ1n) is 14.6. The van der Waals surface area contributed by atoms with Crippen LogP contribution in [0.1, 0.15) is 0 Å². The van der Waals surface area contributed by atoms with Gasteiger partial charge < -0.3 is 0 Å². The number of benzene rings is 9. The molecular weight excluding hydrogens is 504 g/mol. The molecule has 0 amide bonds. The van der Waals surface area contributed by atoms with Crippen LogP contribution in [0.5, 0.6) is 0 Å². The monoisotopic (exact) mass is 530 g/mol. The van der Waals surface area contributed by atoms with Crippen molar-refractivity contribution in [1.29, 1.82) is 0 Å². The second-order valence-electron chi connectivity index (χ2n) is 11.3. The molecule has 0 aliphatic heterocycles. The van der Waals surface area contributed by atoms with Gasteiger partial charge in [0.2, 0.25) is 0 Å². The lowest BCUT2D eigenvalue weighted by Gasteiger charge is -2.12. The van der Waals surface area contributed by atoms with Crippen molar-refractivity contribution in [2.24, 2.45) is 0 Å². The standard InChI is InChI=1S/C42H26/c1-2-6-27(7-3-1)32-13-10-29-18-23-39-38(40(29)24-32)22-19-31-12-15-34(26-42(31)39)33-14-11-30-17-20-36-35-9-5-4-8-28(35)16-21-37(36)41(30)25-33/h1-26H. The van der Waals surface area contributed by atoms with Crippen LogP contribution in [0, 0.1) is 0 Å². The van der Waals surface area contributed by atoms with Crippen molar-refractivity contribution in [2.75, 3.05) is 0 Å². The molecule has 9 aromatic carbocycles. The van der Waals surface area contributed by atoms with Gasteiger partial charge in [0.05, 0.1) is 0 Å². The van der Waals surface area contributed by atoms with Crippen LogP contribution in [0.4, 0.5) is 0 Å². The molecule has 0 saturated carbocycles. The molecule has 9 aromatic rings. The van der Waals surface area contributed by atoms with Crippen LogP contribution < -0.4 is 0 Å². The van der Waals surface area contributed by atoms with Crippen LogP contribution in [-0.4, -0.2) is 0 Å². The second kappa shape index (κ2) is 9.03. The SMILES string of the molecule is c1ccc(-c2ccc3ccc4c5cc(-c6ccc7ccc8c9ccccc9ccc8c7c6)ccc5ccc4c3c2)cc1. The van der Waals surface area contributed by atoms with E-state index in [4.69, 9.17) is 0 Å². The molecule has 0 bridgehead atoms. The van der Waals surface area contributed by atoms with E-state index < -0.39 is 0 Å². The van der Waals surface area contributed by atoms with Crippen molar-refractivity contribution in [2.45, 2.75) is 0 Å². The maximum Gasteiger partial charge on any atom is -0.00987 e. The quantitative estimate of drug-likeness (QED) is 0.195. The predicted molar refractivity (Wildman–Crippen MR) is 182 cm³/mol. The second-order valence-corrected chi connectivity index (χ2v) is 11.3. The minimum Gasteiger partial charge on any atom is -0.0622 e. The van der Waals surface area contributed by atoms with E-state index in [9.17, 15) is 0 Å². The molecule has 0 aromatic heterocycles. The van der Waals surface area contributed by atoms with Crippen molar-refractivity contribution in [3.8, 4) is 22.3 Å². The van der Waals surface area contributed by atoms with Crippen LogP contribution in [0.15, 0.2) is 158 Å². The summed E-state index contributed by atoms with van der Waals surface area (Å²) in [5.41, 5.74) is 4.99. The van der Waals surface area contributed by atoms with E-state index in [1.807, 2.05) is 0 Å². The summed E-state index contributed by atoms with van der Waals surface area (Å²) < 4.78 is 0. The van der Waals surface area contributed by atoms with Gasteiger partial charge in [-0.15, -0.1) is 0 Å². The van der Waals surface area contributed by atoms with Crippen molar-refractivity contribution < 1.29 is 0 Å². The Labute approximate surface area is 244 Å². The first-order valence-corrected chi connectivity index (χ1v) is 14.6. The molecule has 9 rings (SSSR count). The van der Waals surface area contributed by atoms with Crippen molar-refractivity contribution in [3.63, 3.8) is 0 Å². The number of hydrogen-bond acceptors (Lipinski definition) is 0. The van der Waals surface area contributed by atoms with Gasteiger partial charge in [-0.1, -0.05) is 140 Å². The van der Waals surface area contributed by atoms with Gasteiger partial charge in [-0.2, -0.15) is 0 Å². The Morgan fingerprint density at radius 3 is 1.05 bits per heavy atom. The van der Waals surface area contributed by atoms with E-state index >= 15 is 0 Å². The Bertz CT molecular complexity index is 2500. The molecule has 0 aliphatic rings. The summed E-state index contributed by atoms with van der Waals surface area (Å²) in [6.45, 7) is 0. The maximum absolute atomic E-state index is 2.38. The molecule has 0 radical (unpaired) electrons. The minimum absolute atomic E-state index is 1.24. The Kier molecular flexibility index (Phi) is 5.00. The molecule has 0 nitrogen and oxygen atoms in total. The van der Waals surface area contributed by atoms with E-state index in [1.165, 1.54) is 86.9 Å². The summed E-state index contributed by atoms with van der Waals surface area (Å²) in [5.74, 6) is 0. The van der Waals surface area contributed by atoms with Crippen LogP contribution in [0.25, 0.3) is 86.9 Å². The molecule has 0 saturated heterocycles. The summed E-state index contributed by atoms with van der Waals surface area (Å²) in [7, 11) is 0. The fraction of sp³-hybridized carbons (Fsp3) is 0. The Hall–Kier alpha value is -5.46. The Balaban J connectivity index is 1.24. The zero-order valence-corrected chi connectivity index (χ0v) is 23.0. The summed E-state index contributed by atoms with van der Waals surface area (Å²) >= 11 is 0. The average molecular weight is 531 g/mol. The van der Waals surface area contributed by atoms with Crippen LogP contribution >= 0.6 is 0 Å². The van der Waals surface area contributed by atoms with E-state index in [0.29, 0.717) is 0 Å². The first-order chi connectivity index (χ1) is 20.8. The van der Waals surface area contributed by atoms with Gasteiger partial charge in [-0.05, 0) is 105 Å². The van der Waals surface area contributed by atoms with Gasteiger partial charge in [0, 0.05) is 0 Å². The smallest absolute Gasteiger partial charge is 0.00987 e. The minimum atomic E-state index is 1.24. The lowest BCUT2D eigenvalue weighted by molar-refractivity contribution is 1.65. The van der Waals surface area contributed by atoms with Crippen LogP contribution in [0.3, 0.4) is 0 Å². The van der Waals surface area contributed by atoms with Crippen molar-refractivity contribution >= 4 is 64.6 Å². The van der Waals surface area contributed by atoms with Crippen molar-refractivity contribution in [3.05, 3.63) is 158 Å². The fourth-order valence-corrected chi connectivity index (χ4v) is 6.85. The van der Waals surface area contributed by atoms with E-state index in [0.717, 1.165) is 0 Å². The lowest BCUT2D eigenvalue weighted by atomic mass is 9.92. The molecule has 0 fully saturated rings. The third-order valence-electron chi connectivity index (χ3n) is 9.02. The average Bonchev–Trinajstić information content (AvgIpc) is 3.07. The topological polar surface area (TPSA) is 0 Å². The zero-order valence-electron chi connectivity index (χ0n) is 23.0. The van der Waals surface area contributed by atoms with Crippen LogP contribution in [-0.2, 0) is 0 Å². The molecule has 194 valence electrons. The predicted octanol–water partition coefficient (Wildman–Crippen LogP) is 11.9. The number of rotatable bonds is 2. The summed E-state index contributed by atoms with van der Waals surface area (Å²) in [4.78, 5) is 0. The summed E-state index contributed by atoms with van der Waals surface area (Å²) in [5, 5.41) is 15.5. The van der Waals surface area contributed by atoms with E-state index in [-0.39, 0.29) is 0 Å². The summed E-state index contributed by atoms with van der Waals surface area (Å²) in [6.07, 6.45) is 0. The highest BCUT2D eigenvalue weighted by atomic mass is 14.1. The number of fused-ring (bicyclic) bond motifs is 10. The molecule has 0 spiro atoms. The summed E-state index contributed by atoms with van der Waals surface area (Å²) in [6, 6.07) is 58.2. The lowest BCUT2D eigenvalue weighted by Crippen LogP contribution is -1.85. The molecule has 0 aliphatic carbocycles. The van der Waals surface area contributed by atoms with Gasteiger partial charge in [-0.3, -0.25) is 0 Å². The van der Waals surface area contributed by atoms with Gasteiger partial charge in [0.25, 0.3) is 0 Å². The van der Waals surface area contributed by atoms with Gasteiger partial charge in [0.1, 0.15) is 0 Å². The molecule has 0 heterocycles. The van der Waals surface area contributed by atoms with Gasteiger partial charge >= 0.3 is 0 Å². The van der Waals surface area contributed by atoms with E-state index in [2.05, 4.69) is 158 Å². The van der Waals surface area contributed by atoms with Gasteiger partial charge in [-0.25, -0.2) is 0 Å². The third kappa shape index (κ3) is 3.56. The van der Waals surface area contributed by atoms with Gasteiger partial charge in [0.15, 0.2) is 0 Å². The third-order valence-corrected chi connectivity index (χ3v) is 9.02. The van der Waals surface area contributed by atoms with E-state index in [1.54, 1.807) is 0 Å². The molecule has 0 heteroatoms. The highest BCUT2D eigenvalue weighted by molar-refractivity contribution is 6.19. The largest absolute Gasteiger partial charge is 0.0622 e. The Morgan fingerprint density at radius 2 is 0.548 bits per heavy atom. The fourth-order valence-electron chi connectivity index (χ4n) is 6.85. The molecule has 0 unspecified atom stereocenters. The normalized spacial score (nSPS) is 11.8. The first kappa shape index (κ1) is 23.3. The highest BCUT2D eigenvalue weighted by Gasteiger charge is 2.10. The van der Waals surface area contributed by atoms with Crippen molar-refractivity contribution in [1.82, 2.24) is 0 Å². The number of hydrogen-bond donors (Lipinski definition) is 0. The molecule has 42 heavy (non-hydrogen) atoms. The Morgan fingerprint density at radius 1 is 0.190 bits per heavy atom. The molecule has 0 N–H and O–H groups in total. The highest BCUT2D eigenvalue weighted by Crippen LogP contribution is 2.37. The maximum atomic E-state index is 2.38. The molecular formula is C42H26.